The highest BCUT2D eigenvalue weighted by Gasteiger charge is 2.20. The number of halogens is 1. The summed E-state index contributed by atoms with van der Waals surface area (Å²) >= 11 is 5.90. The number of carboxylic acid groups (broad SMARTS) is 1. The van der Waals surface area contributed by atoms with E-state index in [1.165, 1.54) is 0 Å². The first-order chi connectivity index (χ1) is 6.93. The molecule has 0 saturated heterocycles. The van der Waals surface area contributed by atoms with Gasteiger partial charge in [0.15, 0.2) is 5.15 Å². The van der Waals surface area contributed by atoms with Crippen LogP contribution in [0.25, 0.3) is 0 Å². The molecule has 0 aliphatic carbocycles. The van der Waals surface area contributed by atoms with E-state index >= 15 is 0 Å². The molecule has 1 rings (SSSR count). The molecule has 0 aliphatic rings. The zero-order chi connectivity index (χ0) is 11.6. The maximum absolute atomic E-state index is 10.7. The first-order valence-electron chi connectivity index (χ1n) is 4.89. The lowest BCUT2D eigenvalue weighted by Gasteiger charge is -2.09. The number of aromatic amines is 1. The van der Waals surface area contributed by atoms with Gasteiger partial charge in [-0.25, -0.2) is 0 Å². The Morgan fingerprint density at radius 1 is 1.53 bits per heavy atom. The molecule has 0 radical (unpaired) electrons. The van der Waals surface area contributed by atoms with Crippen LogP contribution in [0.5, 0.6) is 0 Å². The summed E-state index contributed by atoms with van der Waals surface area (Å²) in [7, 11) is 0. The lowest BCUT2D eigenvalue weighted by atomic mass is 9.97. The summed E-state index contributed by atoms with van der Waals surface area (Å²) in [5.41, 5.74) is 1.75. The van der Waals surface area contributed by atoms with Crippen molar-refractivity contribution < 1.29 is 9.90 Å². The number of rotatable bonds is 4. The Labute approximate surface area is 93.6 Å². The molecule has 1 aromatic rings. The fraction of sp³-hybridized carbons (Fsp3) is 0.600. The van der Waals surface area contributed by atoms with Gasteiger partial charge in [-0.3, -0.25) is 9.89 Å². The Morgan fingerprint density at radius 3 is 2.60 bits per heavy atom. The number of aromatic nitrogens is 2. The molecule has 0 spiro atoms. The lowest BCUT2D eigenvalue weighted by molar-refractivity contribution is -0.141. The molecule has 0 fully saturated rings. The van der Waals surface area contributed by atoms with Crippen molar-refractivity contribution in [3.05, 3.63) is 16.4 Å². The van der Waals surface area contributed by atoms with Crippen molar-refractivity contribution in [3.63, 3.8) is 0 Å². The van der Waals surface area contributed by atoms with Gasteiger partial charge in [0.05, 0.1) is 5.92 Å². The summed E-state index contributed by atoms with van der Waals surface area (Å²) in [5, 5.41) is 15.9. The van der Waals surface area contributed by atoms with Gasteiger partial charge in [0.1, 0.15) is 0 Å². The highest BCUT2D eigenvalue weighted by molar-refractivity contribution is 6.30. The summed E-state index contributed by atoms with van der Waals surface area (Å²) in [6, 6.07) is 0. The van der Waals surface area contributed by atoms with Crippen LogP contribution in [0.15, 0.2) is 0 Å². The minimum absolute atomic E-state index is 0.265. The van der Waals surface area contributed by atoms with E-state index in [1.807, 2.05) is 13.8 Å². The molecule has 84 valence electrons. The van der Waals surface area contributed by atoms with Crippen molar-refractivity contribution >= 4 is 17.6 Å². The third-order valence-electron chi connectivity index (χ3n) is 2.36. The Morgan fingerprint density at radius 2 is 2.13 bits per heavy atom. The van der Waals surface area contributed by atoms with Gasteiger partial charge in [-0.15, -0.1) is 0 Å². The normalized spacial score (nSPS) is 13.1. The molecule has 2 N–H and O–H groups in total. The molecular weight excluding hydrogens is 216 g/mol. The molecule has 0 aliphatic heterocycles. The minimum atomic E-state index is -0.818. The zero-order valence-corrected chi connectivity index (χ0v) is 9.80. The summed E-state index contributed by atoms with van der Waals surface area (Å²) < 4.78 is 0. The number of carboxylic acids is 1. The first-order valence-corrected chi connectivity index (χ1v) is 5.26. The number of carbonyl (C=O) groups is 1. The Kier molecular flexibility index (Phi) is 3.74. The lowest BCUT2D eigenvalue weighted by Crippen LogP contribution is -2.13. The fourth-order valence-electron chi connectivity index (χ4n) is 1.42. The van der Waals surface area contributed by atoms with Crippen LogP contribution in [0.2, 0.25) is 5.15 Å². The maximum Gasteiger partial charge on any atom is 0.306 e. The van der Waals surface area contributed by atoms with Gasteiger partial charge in [-0.2, -0.15) is 5.10 Å². The van der Waals surface area contributed by atoms with Crippen LogP contribution in [0.4, 0.5) is 0 Å². The zero-order valence-electron chi connectivity index (χ0n) is 9.04. The monoisotopic (exact) mass is 230 g/mol. The Balaban J connectivity index is 2.92. The minimum Gasteiger partial charge on any atom is -0.481 e. The van der Waals surface area contributed by atoms with Gasteiger partial charge in [0, 0.05) is 11.3 Å². The average molecular weight is 231 g/mol. The van der Waals surface area contributed by atoms with Gasteiger partial charge < -0.3 is 5.11 Å². The van der Waals surface area contributed by atoms with E-state index in [0.29, 0.717) is 11.6 Å². The van der Waals surface area contributed by atoms with Crippen LogP contribution < -0.4 is 0 Å². The van der Waals surface area contributed by atoms with Crippen LogP contribution in [0.3, 0.4) is 0 Å². The van der Waals surface area contributed by atoms with E-state index < -0.39 is 11.9 Å². The van der Waals surface area contributed by atoms with E-state index in [0.717, 1.165) is 11.3 Å². The van der Waals surface area contributed by atoms with Crippen molar-refractivity contribution in [1.82, 2.24) is 10.2 Å². The van der Waals surface area contributed by atoms with Crippen molar-refractivity contribution in [3.8, 4) is 0 Å². The highest BCUT2D eigenvalue weighted by Crippen LogP contribution is 2.25. The van der Waals surface area contributed by atoms with Gasteiger partial charge in [0.25, 0.3) is 0 Å². The number of hydrogen-bond donors (Lipinski definition) is 2. The first kappa shape index (κ1) is 12.0. The predicted octanol–water partition coefficient (Wildman–Crippen LogP) is 2.45. The SMILES string of the molecule is CC(Cc1c(Cl)n[nH]c1C(C)C)C(=O)O. The summed E-state index contributed by atoms with van der Waals surface area (Å²) in [5.74, 6) is -0.999. The van der Waals surface area contributed by atoms with Crippen LogP contribution in [-0.2, 0) is 11.2 Å². The third kappa shape index (κ3) is 2.72. The number of nitrogens with zero attached hydrogens (tertiary/aromatic N) is 1. The number of hydrogen-bond acceptors (Lipinski definition) is 2. The van der Waals surface area contributed by atoms with Gasteiger partial charge in [-0.1, -0.05) is 32.4 Å². The molecule has 0 bridgehead atoms. The van der Waals surface area contributed by atoms with E-state index in [1.54, 1.807) is 6.92 Å². The third-order valence-corrected chi connectivity index (χ3v) is 2.67. The fourth-order valence-corrected chi connectivity index (χ4v) is 1.64. The van der Waals surface area contributed by atoms with Crippen LogP contribution in [-0.4, -0.2) is 21.3 Å². The van der Waals surface area contributed by atoms with Gasteiger partial charge in [0.2, 0.25) is 0 Å². The number of H-pyrrole nitrogens is 1. The molecule has 0 amide bonds. The van der Waals surface area contributed by atoms with Crippen molar-refractivity contribution in [2.45, 2.75) is 33.1 Å². The molecule has 5 heteroatoms. The molecule has 1 heterocycles. The Hall–Kier alpha value is -1.03. The number of aliphatic carboxylic acids is 1. The smallest absolute Gasteiger partial charge is 0.306 e. The van der Waals surface area contributed by atoms with E-state index in [9.17, 15) is 4.79 Å². The second-order valence-electron chi connectivity index (χ2n) is 4.00. The quantitative estimate of drug-likeness (QED) is 0.835. The molecule has 1 unspecified atom stereocenters. The van der Waals surface area contributed by atoms with Crippen LogP contribution in [0, 0.1) is 5.92 Å². The van der Waals surface area contributed by atoms with Crippen LogP contribution >= 0.6 is 11.6 Å². The molecule has 0 aromatic carbocycles. The van der Waals surface area contributed by atoms with E-state index in [4.69, 9.17) is 16.7 Å². The van der Waals surface area contributed by atoms with E-state index in [2.05, 4.69) is 10.2 Å². The summed E-state index contributed by atoms with van der Waals surface area (Å²) in [6.07, 6.45) is 0.415. The Bertz CT molecular complexity index is 360. The largest absolute Gasteiger partial charge is 0.481 e. The topological polar surface area (TPSA) is 66.0 Å². The second kappa shape index (κ2) is 4.66. The number of nitrogens with one attached hydrogen (secondary N) is 1. The molecule has 0 saturated carbocycles. The second-order valence-corrected chi connectivity index (χ2v) is 4.36. The molecular formula is C10H15ClN2O2. The standard InChI is InChI=1S/C10H15ClN2O2/c1-5(2)8-7(9(11)13-12-8)4-6(3)10(14)15/h5-6H,4H2,1-3H3,(H,12,13)(H,14,15). The average Bonchev–Trinajstić information content (AvgIpc) is 2.48. The van der Waals surface area contributed by atoms with E-state index in [-0.39, 0.29) is 5.92 Å². The van der Waals surface area contributed by atoms with Crippen molar-refractivity contribution in [1.29, 1.82) is 0 Å². The maximum atomic E-state index is 10.7. The molecule has 4 nitrogen and oxygen atoms in total. The highest BCUT2D eigenvalue weighted by atomic mass is 35.5. The molecule has 15 heavy (non-hydrogen) atoms. The summed E-state index contributed by atoms with van der Waals surface area (Å²) in [6.45, 7) is 5.69. The predicted molar refractivity (Wildman–Crippen MR) is 58.2 cm³/mol. The summed E-state index contributed by atoms with van der Waals surface area (Å²) in [4.78, 5) is 10.7. The molecule has 1 aromatic heterocycles. The van der Waals surface area contributed by atoms with Crippen LogP contribution in [0.1, 0.15) is 37.9 Å². The van der Waals surface area contributed by atoms with Gasteiger partial charge in [-0.05, 0) is 12.3 Å². The molecule has 1 atom stereocenters. The van der Waals surface area contributed by atoms with Crippen molar-refractivity contribution in [2.24, 2.45) is 5.92 Å². The van der Waals surface area contributed by atoms with Gasteiger partial charge >= 0.3 is 5.97 Å². The van der Waals surface area contributed by atoms with Crippen molar-refractivity contribution in [2.75, 3.05) is 0 Å².